The van der Waals surface area contributed by atoms with Crippen molar-refractivity contribution in [3.05, 3.63) is 24.3 Å². The van der Waals surface area contributed by atoms with E-state index in [2.05, 4.69) is 31.4 Å². The highest BCUT2D eigenvalue weighted by atomic mass is 16.2. The molecule has 4 nitrogen and oxygen atoms in total. The Kier molecular flexibility index (Phi) is 6.37. The van der Waals surface area contributed by atoms with Gasteiger partial charge in [-0.3, -0.25) is 9.59 Å². The molecule has 0 aliphatic heterocycles. The third kappa shape index (κ3) is 7.82. The van der Waals surface area contributed by atoms with Crippen LogP contribution in [0.5, 0.6) is 0 Å². The number of carbonyl (C=O) groups is 2. The summed E-state index contributed by atoms with van der Waals surface area (Å²) in [5.74, 6) is -0.0249. The van der Waals surface area contributed by atoms with E-state index in [9.17, 15) is 9.59 Å². The van der Waals surface area contributed by atoms with Crippen LogP contribution in [0.2, 0.25) is 0 Å². The fourth-order valence-corrected chi connectivity index (χ4v) is 2.13. The standard InChI is InChI=1S/C19H30N2O2/c1-7-19(5,6)13-17(23)21-15-10-8-9-14(11-15)20-16(22)12-18(2,3)4/h8-11H,7,12-13H2,1-6H3,(H,20,22)(H,21,23). The molecule has 2 amide bonds. The molecule has 4 heteroatoms. The normalized spacial score (nSPS) is 11.9. The summed E-state index contributed by atoms with van der Waals surface area (Å²) < 4.78 is 0. The molecular weight excluding hydrogens is 288 g/mol. The van der Waals surface area contributed by atoms with Crippen molar-refractivity contribution >= 4 is 23.2 Å². The van der Waals surface area contributed by atoms with Crippen LogP contribution >= 0.6 is 0 Å². The summed E-state index contributed by atoms with van der Waals surface area (Å²) in [6.45, 7) is 12.3. The van der Waals surface area contributed by atoms with Gasteiger partial charge in [-0.1, -0.05) is 54.0 Å². The molecular formula is C19H30N2O2. The number of anilines is 2. The summed E-state index contributed by atoms with van der Waals surface area (Å²) in [6, 6.07) is 7.27. The van der Waals surface area contributed by atoms with Crippen LogP contribution in [0.3, 0.4) is 0 Å². The van der Waals surface area contributed by atoms with Crippen LogP contribution in [0, 0.1) is 10.8 Å². The Hall–Kier alpha value is -1.84. The van der Waals surface area contributed by atoms with Gasteiger partial charge in [0.2, 0.25) is 11.8 Å². The second-order valence-electron chi connectivity index (χ2n) is 8.11. The van der Waals surface area contributed by atoms with E-state index in [4.69, 9.17) is 0 Å². The maximum absolute atomic E-state index is 12.1. The maximum atomic E-state index is 12.1. The fourth-order valence-electron chi connectivity index (χ4n) is 2.13. The average molecular weight is 318 g/mol. The Morgan fingerprint density at radius 2 is 1.39 bits per heavy atom. The maximum Gasteiger partial charge on any atom is 0.224 e. The lowest BCUT2D eigenvalue weighted by molar-refractivity contribution is -0.118. The zero-order valence-corrected chi connectivity index (χ0v) is 15.2. The van der Waals surface area contributed by atoms with E-state index in [1.807, 2.05) is 39.0 Å². The summed E-state index contributed by atoms with van der Waals surface area (Å²) >= 11 is 0. The highest BCUT2D eigenvalue weighted by Gasteiger charge is 2.20. The number of amides is 2. The number of benzene rings is 1. The average Bonchev–Trinajstić information content (AvgIpc) is 2.35. The number of nitrogens with one attached hydrogen (secondary N) is 2. The van der Waals surface area contributed by atoms with Crippen LogP contribution in [0.15, 0.2) is 24.3 Å². The first kappa shape index (κ1) is 19.2. The smallest absolute Gasteiger partial charge is 0.224 e. The van der Waals surface area contributed by atoms with Gasteiger partial charge in [0.05, 0.1) is 0 Å². The van der Waals surface area contributed by atoms with Gasteiger partial charge in [0.25, 0.3) is 0 Å². The molecule has 0 aromatic heterocycles. The predicted octanol–water partition coefficient (Wildman–Crippen LogP) is 4.83. The zero-order valence-electron chi connectivity index (χ0n) is 15.2. The molecule has 0 saturated heterocycles. The molecule has 0 aliphatic rings. The lowest BCUT2D eigenvalue weighted by Gasteiger charge is -2.21. The van der Waals surface area contributed by atoms with E-state index >= 15 is 0 Å². The van der Waals surface area contributed by atoms with E-state index in [-0.39, 0.29) is 22.6 Å². The van der Waals surface area contributed by atoms with E-state index in [1.54, 1.807) is 6.07 Å². The van der Waals surface area contributed by atoms with Crippen molar-refractivity contribution < 1.29 is 9.59 Å². The van der Waals surface area contributed by atoms with Crippen molar-refractivity contribution in [3.8, 4) is 0 Å². The second-order valence-corrected chi connectivity index (χ2v) is 8.11. The minimum atomic E-state index is -0.0539. The Bertz CT molecular complexity index is 557. The summed E-state index contributed by atoms with van der Waals surface area (Å²) in [4.78, 5) is 24.1. The Morgan fingerprint density at radius 1 is 0.913 bits per heavy atom. The molecule has 0 spiro atoms. The van der Waals surface area contributed by atoms with Crippen molar-refractivity contribution in [2.24, 2.45) is 10.8 Å². The third-order valence-corrected chi connectivity index (χ3v) is 3.72. The van der Waals surface area contributed by atoms with Crippen LogP contribution in [0.1, 0.15) is 60.8 Å². The molecule has 1 rings (SSSR count). The monoisotopic (exact) mass is 318 g/mol. The molecule has 0 fully saturated rings. The van der Waals surface area contributed by atoms with Gasteiger partial charge in [-0.05, 0) is 29.0 Å². The quantitative estimate of drug-likeness (QED) is 0.789. The van der Waals surface area contributed by atoms with Crippen molar-refractivity contribution in [1.82, 2.24) is 0 Å². The second kappa shape index (κ2) is 7.62. The molecule has 23 heavy (non-hydrogen) atoms. The van der Waals surface area contributed by atoms with Crippen molar-refractivity contribution in [1.29, 1.82) is 0 Å². The first-order valence-electron chi connectivity index (χ1n) is 8.20. The third-order valence-electron chi connectivity index (χ3n) is 3.72. The Labute approximate surface area is 140 Å². The number of rotatable bonds is 6. The molecule has 0 heterocycles. The molecule has 0 bridgehead atoms. The molecule has 1 aromatic rings. The number of carbonyl (C=O) groups excluding carboxylic acids is 2. The summed E-state index contributed by atoms with van der Waals surface area (Å²) in [6.07, 6.45) is 1.88. The molecule has 0 aliphatic carbocycles. The van der Waals surface area contributed by atoms with Crippen LogP contribution < -0.4 is 10.6 Å². The SMILES string of the molecule is CCC(C)(C)CC(=O)Nc1cccc(NC(=O)CC(C)(C)C)c1. The van der Waals surface area contributed by atoms with Crippen LogP contribution in [-0.4, -0.2) is 11.8 Å². The largest absolute Gasteiger partial charge is 0.326 e. The van der Waals surface area contributed by atoms with Crippen LogP contribution in [0.25, 0.3) is 0 Å². The highest BCUT2D eigenvalue weighted by molar-refractivity contribution is 5.94. The molecule has 128 valence electrons. The van der Waals surface area contributed by atoms with Gasteiger partial charge >= 0.3 is 0 Å². The van der Waals surface area contributed by atoms with Crippen molar-refractivity contribution in [2.45, 2.75) is 60.8 Å². The minimum Gasteiger partial charge on any atom is -0.326 e. The Morgan fingerprint density at radius 3 is 1.83 bits per heavy atom. The molecule has 0 saturated carbocycles. The molecule has 0 atom stereocenters. The summed E-state index contributed by atoms with van der Waals surface area (Å²) in [5, 5.41) is 5.79. The topological polar surface area (TPSA) is 58.2 Å². The molecule has 2 N–H and O–H groups in total. The summed E-state index contributed by atoms with van der Waals surface area (Å²) in [5.41, 5.74) is 1.34. The number of hydrogen-bond donors (Lipinski definition) is 2. The van der Waals surface area contributed by atoms with Gasteiger partial charge in [0.1, 0.15) is 0 Å². The van der Waals surface area contributed by atoms with Gasteiger partial charge < -0.3 is 10.6 Å². The van der Waals surface area contributed by atoms with Crippen molar-refractivity contribution in [2.75, 3.05) is 10.6 Å². The van der Waals surface area contributed by atoms with E-state index in [1.165, 1.54) is 0 Å². The molecule has 0 radical (unpaired) electrons. The first-order valence-corrected chi connectivity index (χ1v) is 8.20. The lowest BCUT2D eigenvalue weighted by Crippen LogP contribution is -2.22. The van der Waals surface area contributed by atoms with Crippen LogP contribution in [-0.2, 0) is 9.59 Å². The van der Waals surface area contributed by atoms with Crippen molar-refractivity contribution in [3.63, 3.8) is 0 Å². The molecule has 1 aromatic carbocycles. The van der Waals surface area contributed by atoms with E-state index in [0.717, 1.165) is 6.42 Å². The number of hydrogen-bond acceptors (Lipinski definition) is 2. The lowest BCUT2D eigenvalue weighted by atomic mass is 9.86. The molecule has 0 unspecified atom stereocenters. The Balaban J connectivity index is 2.67. The van der Waals surface area contributed by atoms with Gasteiger partial charge in [0.15, 0.2) is 0 Å². The summed E-state index contributed by atoms with van der Waals surface area (Å²) in [7, 11) is 0. The van der Waals surface area contributed by atoms with E-state index in [0.29, 0.717) is 24.2 Å². The zero-order chi connectivity index (χ0) is 17.7. The van der Waals surface area contributed by atoms with E-state index < -0.39 is 0 Å². The predicted molar refractivity (Wildman–Crippen MR) is 96.5 cm³/mol. The van der Waals surface area contributed by atoms with Gasteiger partial charge in [-0.25, -0.2) is 0 Å². The van der Waals surface area contributed by atoms with Gasteiger partial charge in [-0.15, -0.1) is 0 Å². The minimum absolute atomic E-state index is 0.00461. The first-order chi connectivity index (χ1) is 10.5. The van der Waals surface area contributed by atoms with Crippen LogP contribution in [0.4, 0.5) is 11.4 Å². The van der Waals surface area contributed by atoms with Gasteiger partial charge in [0, 0.05) is 24.2 Å². The highest BCUT2D eigenvalue weighted by Crippen LogP contribution is 2.25. The van der Waals surface area contributed by atoms with Gasteiger partial charge in [-0.2, -0.15) is 0 Å². The fraction of sp³-hybridized carbons (Fsp3) is 0.579.